The highest BCUT2D eigenvalue weighted by atomic mass is 19.4. The number of nitrogens with one attached hydrogen (secondary N) is 1. The monoisotopic (exact) mass is 543 g/mol. The van der Waals surface area contributed by atoms with Crippen LogP contribution in [-0.2, 0) is 19.3 Å². The van der Waals surface area contributed by atoms with Gasteiger partial charge in [0.2, 0.25) is 0 Å². The molecule has 1 fully saturated rings. The maximum Gasteiger partial charge on any atom is 0.416 e. The Morgan fingerprint density at radius 3 is 2.00 bits per heavy atom. The molecule has 40 heavy (non-hydrogen) atoms. The predicted octanol–water partition coefficient (Wildman–Crippen LogP) is 8.04. The molecule has 7 heteroatoms. The molecule has 1 heterocycles. The zero-order chi connectivity index (χ0) is 28.0. The minimum absolute atomic E-state index is 0.160. The summed E-state index contributed by atoms with van der Waals surface area (Å²) in [6.45, 7) is 1.10. The lowest BCUT2D eigenvalue weighted by Crippen LogP contribution is -2.31. The SMILES string of the molecule is O=C(c1ccc(C(F)(F)F)cc1)N(Cc1ccc(-c2ccc(CNC3CCCCC3)cc2)cc1)c1ccccn1. The van der Waals surface area contributed by atoms with Gasteiger partial charge in [0.05, 0.1) is 12.1 Å². The smallest absolute Gasteiger partial charge is 0.310 e. The third-order valence-electron chi connectivity index (χ3n) is 7.41. The van der Waals surface area contributed by atoms with Crippen molar-refractivity contribution in [2.24, 2.45) is 0 Å². The number of hydrogen-bond donors (Lipinski definition) is 1. The maximum atomic E-state index is 13.4. The molecule has 4 nitrogen and oxygen atoms in total. The summed E-state index contributed by atoms with van der Waals surface area (Å²) in [5, 5.41) is 3.68. The van der Waals surface area contributed by atoms with Crippen molar-refractivity contribution >= 4 is 11.7 Å². The van der Waals surface area contributed by atoms with Crippen molar-refractivity contribution in [3.63, 3.8) is 0 Å². The number of nitrogens with zero attached hydrogens (tertiary/aromatic N) is 2. The van der Waals surface area contributed by atoms with Crippen LogP contribution in [0, 0.1) is 0 Å². The second-order valence-corrected chi connectivity index (χ2v) is 10.3. The van der Waals surface area contributed by atoms with E-state index in [9.17, 15) is 18.0 Å². The van der Waals surface area contributed by atoms with E-state index in [2.05, 4.69) is 34.6 Å². The summed E-state index contributed by atoms with van der Waals surface area (Å²) in [4.78, 5) is 19.2. The number of aromatic nitrogens is 1. The molecular weight excluding hydrogens is 511 g/mol. The van der Waals surface area contributed by atoms with Gasteiger partial charge >= 0.3 is 6.18 Å². The molecule has 1 amide bonds. The first-order valence-corrected chi connectivity index (χ1v) is 13.7. The molecule has 0 saturated heterocycles. The van der Waals surface area contributed by atoms with E-state index in [1.54, 1.807) is 24.4 Å². The van der Waals surface area contributed by atoms with E-state index in [-0.39, 0.29) is 12.1 Å². The van der Waals surface area contributed by atoms with Crippen LogP contribution >= 0.6 is 0 Å². The predicted molar refractivity (Wildman–Crippen MR) is 152 cm³/mol. The number of carbonyl (C=O) groups is 1. The largest absolute Gasteiger partial charge is 0.416 e. The first-order valence-electron chi connectivity index (χ1n) is 13.7. The van der Waals surface area contributed by atoms with Gasteiger partial charge in [-0.3, -0.25) is 9.69 Å². The minimum atomic E-state index is -4.46. The van der Waals surface area contributed by atoms with Crippen LogP contribution in [0.1, 0.15) is 59.2 Å². The van der Waals surface area contributed by atoms with Crippen LogP contribution < -0.4 is 10.2 Å². The third kappa shape index (κ3) is 6.96. The van der Waals surface area contributed by atoms with Crippen LogP contribution in [0.4, 0.5) is 19.0 Å². The summed E-state index contributed by atoms with van der Waals surface area (Å²) in [7, 11) is 0. The van der Waals surface area contributed by atoms with Crippen molar-refractivity contribution in [3.05, 3.63) is 119 Å². The van der Waals surface area contributed by atoms with Gasteiger partial charge in [-0.25, -0.2) is 4.98 Å². The van der Waals surface area contributed by atoms with Crippen LogP contribution in [0.3, 0.4) is 0 Å². The number of hydrogen-bond acceptors (Lipinski definition) is 3. The molecular formula is C33H32F3N3O. The number of benzene rings is 3. The molecule has 1 aliphatic rings. The standard InChI is InChI=1S/C33H32F3N3O/c34-33(35,36)29-19-17-28(18-20-29)32(40)39(31-8-4-5-21-37-31)23-25-11-15-27(16-12-25)26-13-9-24(10-14-26)22-38-30-6-2-1-3-7-30/h4-5,8-21,30,38H,1-3,6-7,22-23H2. The highest BCUT2D eigenvalue weighted by molar-refractivity contribution is 6.05. The molecule has 1 N–H and O–H groups in total. The molecule has 0 unspecified atom stereocenters. The van der Waals surface area contributed by atoms with Gasteiger partial charge in [-0.15, -0.1) is 0 Å². The Labute approximate surface area is 232 Å². The molecule has 0 radical (unpaired) electrons. The van der Waals surface area contributed by atoms with E-state index in [1.807, 2.05) is 24.3 Å². The zero-order valence-corrected chi connectivity index (χ0v) is 22.2. The molecule has 0 spiro atoms. The normalized spacial score (nSPS) is 14.2. The van der Waals surface area contributed by atoms with Crippen LogP contribution in [0.25, 0.3) is 11.1 Å². The van der Waals surface area contributed by atoms with Crippen molar-refractivity contribution in [2.45, 2.75) is 57.4 Å². The molecule has 0 atom stereocenters. The Bertz CT molecular complexity index is 1380. The Morgan fingerprint density at radius 1 is 0.800 bits per heavy atom. The fraction of sp³-hybridized carbons (Fsp3) is 0.273. The first kappa shape index (κ1) is 27.6. The quantitative estimate of drug-likeness (QED) is 0.245. The Hall–Kier alpha value is -3.97. The van der Waals surface area contributed by atoms with Gasteiger partial charge in [0.1, 0.15) is 5.82 Å². The summed E-state index contributed by atoms with van der Waals surface area (Å²) in [5.41, 5.74) is 3.68. The molecule has 1 saturated carbocycles. The minimum Gasteiger partial charge on any atom is -0.310 e. The zero-order valence-electron chi connectivity index (χ0n) is 22.2. The van der Waals surface area contributed by atoms with E-state index >= 15 is 0 Å². The van der Waals surface area contributed by atoms with Crippen LogP contribution in [0.5, 0.6) is 0 Å². The molecule has 0 aliphatic heterocycles. The Morgan fingerprint density at radius 2 is 1.43 bits per heavy atom. The second-order valence-electron chi connectivity index (χ2n) is 10.3. The summed E-state index contributed by atoms with van der Waals surface area (Å²) in [5.74, 6) is 0.00262. The van der Waals surface area contributed by atoms with Gasteiger partial charge < -0.3 is 5.32 Å². The second kappa shape index (κ2) is 12.5. The van der Waals surface area contributed by atoms with Gasteiger partial charge in [0.25, 0.3) is 5.91 Å². The number of halogens is 3. The fourth-order valence-electron chi connectivity index (χ4n) is 5.10. The lowest BCUT2D eigenvalue weighted by molar-refractivity contribution is -0.137. The summed E-state index contributed by atoms with van der Waals surface area (Å²) in [6.07, 6.45) is 3.62. The van der Waals surface area contributed by atoms with E-state index in [0.717, 1.165) is 35.4 Å². The highest BCUT2D eigenvalue weighted by Gasteiger charge is 2.30. The van der Waals surface area contributed by atoms with E-state index in [0.29, 0.717) is 11.9 Å². The fourth-order valence-corrected chi connectivity index (χ4v) is 5.10. The lowest BCUT2D eigenvalue weighted by atomic mass is 9.95. The van der Waals surface area contributed by atoms with Crippen molar-refractivity contribution in [2.75, 3.05) is 4.90 Å². The van der Waals surface area contributed by atoms with Crippen molar-refractivity contribution < 1.29 is 18.0 Å². The molecule has 1 aliphatic carbocycles. The Kier molecular flexibility index (Phi) is 8.60. The van der Waals surface area contributed by atoms with E-state index in [4.69, 9.17) is 0 Å². The summed E-state index contributed by atoms with van der Waals surface area (Å²) in [6, 6.07) is 26.6. The van der Waals surface area contributed by atoms with Gasteiger partial charge in [-0.05, 0) is 71.5 Å². The van der Waals surface area contributed by atoms with Crippen molar-refractivity contribution in [1.82, 2.24) is 10.3 Å². The van der Waals surface area contributed by atoms with Crippen LogP contribution in [0.2, 0.25) is 0 Å². The molecule has 1 aromatic heterocycles. The number of carbonyl (C=O) groups excluding carboxylic acids is 1. The number of pyridine rings is 1. The first-order chi connectivity index (χ1) is 19.4. The van der Waals surface area contributed by atoms with Crippen LogP contribution in [-0.4, -0.2) is 16.9 Å². The molecule has 0 bridgehead atoms. The molecule has 5 rings (SSSR count). The topological polar surface area (TPSA) is 45.2 Å². The molecule has 4 aromatic rings. The number of amides is 1. The Balaban J connectivity index is 1.28. The van der Waals surface area contributed by atoms with Crippen molar-refractivity contribution in [1.29, 1.82) is 0 Å². The van der Waals surface area contributed by atoms with E-state index in [1.165, 1.54) is 54.7 Å². The van der Waals surface area contributed by atoms with E-state index < -0.39 is 17.6 Å². The average Bonchev–Trinajstić information content (AvgIpc) is 3.00. The maximum absolute atomic E-state index is 13.4. The third-order valence-corrected chi connectivity index (χ3v) is 7.41. The number of anilines is 1. The van der Waals surface area contributed by atoms with Gasteiger partial charge in [0, 0.05) is 24.3 Å². The molecule has 206 valence electrons. The summed E-state index contributed by atoms with van der Waals surface area (Å²) < 4.78 is 39.0. The van der Waals surface area contributed by atoms with Gasteiger partial charge in [-0.2, -0.15) is 13.2 Å². The average molecular weight is 544 g/mol. The van der Waals surface area contributed by atoms with Crippen LogP contribution in [0.15, 0.2) is 97.2 Å². The van der Waals surface area contributed by atoms with Gasteiger partial charge in [-0.1, -0.05) is 73.9 Å². The lowest BCUT2D eigenvalue weighted by Gasteiger charge is -2.23. The molecule has 3 aromatic carbocycles. The van der Waals surface area contributed by atoms with Gasteiger partial charge in [0.15, 0.2) is 0 Å². The number of rotatable bonds is 8. The highest BCUT2D eigenvalue weighted by Crippen LogP contribution is 2.30. The summed E-state index contributed by atoms with van der Waals surface area (Å²) >= 11 is 0. The number of alkyl halides is 3. The van der Waals surface area contributed by atoms with Crippen molar-refractivity contribution in [3.8, 4) is 11.1 Å².